The molecular formula is C18H24N4O4. The van der Waals surface area contributed by atoms with E-state index in [0.29, 0.717) is 23.1 Å². The van der Waals surface area contributed by atoms with Gasteiger partial charge < -0.3 is 20.3 Å². The number of nitrogens with zero attached hydrogens (tertiary/aromatic N) is 3. The van der Waals surface area contributed by atoms with E-state index in [2.05, 4.69) is 27.2 Å². The van der Waals surface area contributed by atoms with Crippen LogP contribution in [0.2, 0.25) is 0 Å². The summed E-state index contributed by atoms with van der Waals surface area (Å²) in [5.41, 5.74) is 0.450. The van der Waals surface area contributed by atoms with Crippen LogP contribution in [0, 0.1) is 6.92 Å². The molecule has 8 nitrogen and oxygen atoms in total. The number of aromatic carboxylic acids is 1. The zero-order chi connectivity index (χ0) is 18.9. The van der Waals surface area contributed by atoms with Crippen molar-refractivity contribution in [2.45, 2.75) is 45.8 Å². The Kier molecular flexibility index (Phi) is 7.28. The maximum absolute atomic E-state index is 11.0. The number of ether oxygens (including phenoxy) is 1. The molecule has 2 aromatic rings. The molecule has 0 aliphatic rings. The summed E-state index contributed by atoms with van der Waals surface area (Å²) in [6, 6.07) is 4.60. The van der Waals surface area contributed by atoms with Crippen molar-refractivity contribution in [3.8, 4) is 5.75 Å². The maximum atomic E-state index is 11.0. The van der Waals surface area contributed by atoms with E-state index in [1.165, 1.54) is 6.07 Å². The van der Waals surface area contributed by atoms with Crippen LogP contribution in [-0.2, 0) is 6.61 Å². The van der Waals surface area contributed by atoms with Crippen LogP contribution >= 0.6 is 0 Å². The Bertz CT molecular complexity index is 739. The molecule has 26 heavy (non-hydrogen) atoms. The molecule has 8 heteroatoms. The molecule has 2 aromatic heterocycles. The first-order valence-corrected chi connectivity index (χ1v) is 8.56. The Labute approximate surface area is 152 Å². The van der Waals surface area contributed by atoms with Crippen molar-refractivity contribution in [2.75, 3.05) is 11.9 Å². The van der Waals surface area contributed by atoms with E-state index in [1.54, 1.807) is 25.3 Å². The second-order valence-electron chi connectivity index (χ2n) is 5.90. The number of hydrogen-bond acceptors (Lipinski definition) is 7. The van der Waals surface area contributed by atoms with Crippen molar-refractivity contribution in [1.29, 1.82) is 0 Å². The fourth-order valence-electron chi connectivity index (χ4n) is 2.35. The first kappa shape index (κ1) is 19.6. The molecule has 0 saturated carbocycles. The summed E-state index contributed by atoms with van der Waals surface area (Å²) in [6.45, 7) is 3.94. The lowest BCUT2D eigenvalue weighted by molar-refractivity contribution is 0.0690. The number of pyridine rings is 1. The molecule has 0 amide bonds. The summed E-state index contributed by atoms with van der Waals surface area (Å²) in [5, 5.41) is 21.8. The molecule has 0 aliphatic carbocycles. The van der Waals surface area contributed by atoms with Crippen molar-refractivity contribution < 1.29 is 19.7 Å². The molecule has 0 aliphatic heterocycles. The predicted octanol–water partition coefficient (Wildman–Crippen LogP) is 2.42. The van der Waals surface area contributed by atoms with Crippen LogP contribution in [0.4, 0.5) is 5.82 Å². The number of anilines is 1. The number of carboxylic acid groups (broad SMARTS) is 1. The van der Waals surface area contributed by atoms with Gasteiger partial charge in [0.25, 0.3) is 0 Å². The summed E-state index contributed by atoms with van der Waals surface area (Å²) in [6.07, 6.45) is 4.40. The SMILES string of the molecule is CCCC[C@@H](CO)Nc1nc(C)ncc1OCc1cccc(C(=O)O)n1. The van der Waals surface area contributed by atoms with Crippen LogP contribution < -0.4 is 10.1 Å². The van der Waals surface area contributed by atoms with Gasteiger partial charge in [-0.15, -0.1) is 0 Å². The average Bonchev–Trinajstić information content (AvgIpc) is 2.64. The Hall–Kier alpha value is -2.74. The number of aliphatic hydroxyl groups is 1. The van der Waals surface area contributed by atoms with Crippen molar-refractivity contribution in [1.82, 2.24) is 15.0 Å². The lowest BCUT2D eigenvalue weighted by Crippen LogP contribution is -2.25. The minimum atomic E-state index is -1.09. The highest BCUT2D eigenvalue weighted by Gasteiger charge is 2.14. The normalized spacial score (nSPS) is 11.8. The Morgan fingerprint density at radius 3 is 2.85 bits per heavy atom. The number of hydrogen-bond donors (Lipinski definition) is 3. The van der Waals surface area contributed by atoms with Crippen LogP contribution in [0.3, 0.4) is 0 Å². The Morgan fingerprint density at radius 1 is 1.35 bits per heavy atom. The van der Waals surface area contributed by atoms with E-state index >= 15 is 0 Å². The van der Waals surface area contributed by atoms with Crippen molar-refractivity contribution in [3.63, 3.8) is 0 Å². The third-order valence-electron chi connectivity index (χ3n) is 3.74. The molecule has 0 unspecified atom stereocenters. The number of aromatic nitrogens is 3. The van der Waals surface area contributed by atoms with Crippen LogP contribution in [0.25, 0.3) is 0 Å². The molecule has 0 bridgehead atoms. The molecule has 0 spiro atoms. The van der Waals surface area contributed by atoms with Gasteiger partial charge in [-0.25, -0.2) is 19.7 Å². The van der Waals surface area contributed by atoms with E-state index in [0.717, 1.165) is 19.3 Å². The van der Waals surface area contributed by atoms with Gasteiger partial charge in [-0.1, -0.05) is 25.8 Å². The topological polar surface area (TPSA) is 117 Å². The Morgan fingerprint density at radius 2 is 2.15 bits per heavy atom. The Balaban J connectivity index is 2.11. The second kappa shape index (κ2) is 9.67. The molecule has 0 fully saturated rings. The van der Waals surface area contributed by atoms with Gasteiger partial charge in [-0.05, 0) is 25.5 Å². The number of aryl methyl sites for hydroxylation is 1. The van der Waals surface area contributed by atoms with Crippen molar-refractivity contribution in [3.05, 3.63) is 41.6 Å². The van der Waals surface area contributed by atoms with Gasteiger partial charge in [0.2, 0.25) is 0 Å². The van der Waals surface area contributed by atoms with Gasteiger partial charge in [0.05, 0.1) is 24.5 Å². The van der Waals surface area contributed by atoms with Gasteiger partial charge in [0.15, 0.2) is 11.6 Å². The molecule has 0 aromatic carbocycles. The fourth-order valence-corrected chi connectivity index (χ4v) is 2.35. The van der Waals surface area contributed by atoms with Gasteiger partial charge in [-0.3, -0.25) is 0 Å². The predicted molar refractivity (Wildman–Crippen MR) is 96.3 cm³/mol. The van der Waals surface area contributed by atoms with Gasteiger partial charge in [0, 0.05) is 0 Å². The zero-order valence-electron chi connectivity index (χ0n) is 15.0. The molecule has 2 rings (SSSR count). The van der Waals surface area contributed by atoms with E-state index in [9.17, 15) is 9.90 Å². The van der Waals surface area contributed by atoms with Crippen LogP contribution in [0.1, 0.15) is 48.2 Å². The minimum Gasteiger partial charge on any atom is -0.482 e. The van der Waals surface area contributed by atoms with E-state index in [1.807, 2.05) is 0 Å². The van der Waals surface area contributed by atoms with Gasteiger partial charge in [0.1, 0.15) is 18.1 Å². The molecular weight excluding hydrogens is 336 g/mol. The summed E-state index contributed by atoms with van der Waals surface area (Å²) >= 11 is 0. The number of carboxylic acids is 1. The molecule has 1 atom stereocenters. The number of rotatable bonds is 10. The third-order valence-corrected chi connectivity index (χ3v) is 3.74. The van der Waals surface area contributed by atoms with Crippen molar-refractivity contribution >= 4 is 11.8 Å². The van der Waals surface area contributed by atoms with E-state index < -0.39 is 5.97 Å². The van der Waals surface area contributed by atoms with E-state index in [-0.39, 0.29) is 24.9 Å². The lowest BCUT2D eigenvalue weighted by atomic mass is 10.1. The van der Waals surface area contributed by atoms with Crippen LogP contribution in [0.5, 0.6) is 5.75 Å². The zero-order valence-corrected chi connectivity index (χ0v) is 15.0. The van der Waals surface area contributed by atoms with Crippen LogP contribution in [0.15, 0.2) is 24.4 Å². The average molecular weight is 360 g/mol. The highest BCUT2D eigenvalue weighted by atomic mass is 16.5. The first-order valence-electron chi connectivity index (χ1n) is 8.56. The fraction of sp³-hybridized carbons (Fsp3) is 0.444. The van der Waals surface area contributed by atoms with Gasteiger partial charge in [-0.2, -0.15) is 0 Å². The number of carbonyl (C=O) groups is 1. The monoisotopic (exact) mass is 360 g/mol. The highest BCUT2D eigenvalue weighted by molar-refractivity contribution is 5.85. The standard InChI is InChI=1S/C18H24N4O4/c1-3-4-6-13(10-23)22-17-16(9-19-12(2)20-17)26-11-14-7-5-8-15(21-14)18(24)25/h5,7-9,13,23H,3-4,6,10-11H2,1-2H3,(H,24,25)(H,19,20,22)/t13-/m0/s1. The molecule has 2 heterocycles. The van der Waals surface area contributed by atoms with Gasteiger partial charge >= 0.3 is 5.97 Å². The minimum absolute atomic E-state index is 0.00922. The smallest absolute Gasteiger partial charge is 0.354 e. The summed E-state index contributed by atoms with van der Waals surface area (Å²) < 4.78 is 5.74. The largest absolute Gasteiger partial charge is 0.482 e. The second-order valence-corrected chi connectivity index (χ2v) is 5.90. The maximum Gasteiger partial charge on any atom is 0.354 e. The molecule has 140 valence electrons. The first-order chi connectivity index (χ1) is 12.5. The molecule has 0 radical (unpaired) electrons. The van der Waals surface area contributed by atoms with E-state index in [4.69, 9.17) is 9.84 Å². The number of unbranched alkanes of at least 4 members (excludes halogenated alkanes) is 1. The lowest BCUT2D eigenvalue weighted by Gasteiger charge is -2.19. The molecule has 3 N–H and O–H groups in total. The molecule has 0 saturated heterocycles. The van der Waals surface area contributed by atoms with Crippen molar-refractivity contribution in [2.24, 2.45) is 0 Å². The summed E-state index contributed by atoms with van der Waals surface area (Å²) in [4.78, 5) is 23.5. The summed E-state index contributed by atoms with van der Waals surface area (Å²) in [7, 11) is 0. The number of aliphatic hydroxyl groups excluding tert-OH is 1. The van der Waals surface area contributed by atoms with Crippen LogP contribution in [-0.4, -0.2) is 43.8 Å². The highest BCUT2D eigenvalue weighted by Crippen LogP contribution is 2.23. The summed E-state index contributed by atoms with van der Waals surface area (Å²) in [5.74, 6) is 0.419. The number of nitrogens with one attached hydrogen (secondary N) is 1. The third kappa shape index (κ3) is 5.66. The quantitative estimate of drug-likeness (QED) is 0.591.